The Morgan fingerprint density at radius 2 is 2.10 bits per heavy atom. The average molecular weight is 286 g/mol. The van der Waals surface area contributed by atoms with Crippen LogP contribution in [0.25, 0.3) is 0 Å². The summed E-state index contributed by atoms with van der Waals surface area (Å²) in [6.45, 7) is 2.08. The van der Waals surface area contributed by atoms with Crippen LogP contribution in [0.5, 0.6) is 0 Å². The Hall–Kier alpha value is -2.14. The van der Waals surface area contributed by atoms with Crippen LogP contribution in [0.4, 0.5) is 5.69 Å². The van der Waals surface area contributed by atoms with Crippen LogP contribution in [-0.4, -0.2) is 4.92 Å². The molecule has 3 rings (SSSR count). The van der Waals surface area contributed by atoms with Gasteiger partial charge in [0.25, 0.3) is 5.69 Å². The first-order valence-electron chi connectivity index (χ1n) is 7.22. The van der Waals surface area contributed by atoms with Gasteiger partial charge in [-0.25, -0.2) is 0 Å². The maximum absolute atomic E-state index is 10.7. The monoisotopic (exact) mass is 286 g/mol. The molecule has 1 aliphatic rings. The van der Waals surface area contributed by atoms with Crippen LogP contribution in [0.3, 0.4) is 0 Å². The third-order valence-electron chi connectivity index (χ3n) is 4.11. The lowest BCUT2D eigenvalue weighted by molar-refractivity contribution is -0.384. The predicted octanol–water partition coefficient (Wildman–Crippen LogP) is 3.92. The number of furan rings is 1. The molecule has 0 amide bonds. The first-order valence-corrected chi connectivity index (χ1v) is 7.22. The first kappa shape index (κ1) is 13.8. The molecular weight excluding hydrogens is 268 g/mol. The summed E-state index contributed by atoms with van der Waals surface area (Å²) in [5.41, 5.74) is 2.42. The van der Waals surface area contributed by atoms with Crippen LogP contribution in [0.15, 0.2) is 41.0 Å². The minimum atomic E-state index is -0.374. The van der Waals surface area contributed by atoms with E-state index < -0.39 is 0 Å². The predicted molar refractivity (Wildman–Crippen MR) is 79.0 cm³/mol. The van der Waals surface area contributed by atoms with Gasteiger partial charge in [-0.1, -0.05) is 12.1 Å². The van der Waals surface area contributed by atoms with Gasteiger partial charge in [0.05, 0.1) is 11.2 Å². The van der Waals surface area contributed by atoms with E-state index in [1.54, 1.807) is 18.4 Å². The van der Waals surface area contributed by atoms with Crippen LogP contribution in [0.2, 0.25) is 0 Å². The largest absolute Gasteiger partial charge is 0.469 e. The van der Waals surface area contributed by atoms with Crippen molar-refractivity contribution < 1.29 is 9.34 Å². The number of nitrogens with zero attached hydrogens (tertiary/aromatic N) is 1. The molecule has 1 aromatic carbocycles. The molecule has 1 aromatic heterocycles. The number of nitro benzene ring substituents is 1. The van der Waals surface area contributed by atoms with Gasteiger partial charge in [0.2, 0.25) is 0 Å². The molecule has 1 N–H and O–H groups in total. The molecule has 2 unspecified atom stereocenters. The zero-order chi connectivity index (χ0) is 14.8. The molecule has 21 heavy (non-hydrogen) atoms. The molecule has 0 bridgehead atoms. The van der Waals surface area contributed by atoms with E-state index in [4.69, 9.17) is 4.42 Å². The zero-order valence-electron chi connectivity index (χ0n) is 11.9. The maximum Gasteiger partial charge on any atom is 0.269 e. The second-order valence-electron chi connectivity index (χ2n) is 5.48. The summed E-state index contributed by atoms with van der Waals surface area (Å²) in [5.74, 6) is 1.08. The fourth-order valence-electron chi connectivity index (χ4n) is 2.94. The number of benzene rings is 1. The molecule has 110 valence electrons. The summed E-state index contributed by atoms with van der Waals surface area (Å²) >= 11 is 0. The highest BCUT2D eigenvalue weighted by molar-refractivity contribution is 5.34. The van der Waals surface area contributed by atoms with Gasteiger partial charge in [-0.3, -0.25) is 10.1 Å². The SMILES string of the molecule is CC(NC1CCCc2occc21)c1ccc([N+](=O)[O-])cc1. The molecule has 2 aromatic rings. The second kappa shape index (κ2) is 5.69. The van der Waals surface area contributed by atoms with Crippen molar-refractivity contribution in [3.05, 3.63) is 63.6 Å². The average Bonchev–Trinajstić information content (AvgIpc) is 2.97. The Morgan fingerprint density at radius 3 is 2.81 bits per heavy atom. The minimum absolute atomic E-state index is 0.126. The van der Waals surface area contributed by atoms with Crippen molar-refractivity contribution in [2.24, 2.45) is 0 Å². The van der Waals surface area contributed by atoms with Crippen LogP contribution < -0.4 is 5.32 Å². The molecule has 0 aliphatic heterocycles. The summed E-state index contributed by atoms with van der Waals surface area (Å²) in [7, 11) is 0. The van der Waals surface area contributed by atoms with Crippen molar-refractivity contribution in [3.63, 3.8) is 0 Å². The van der Waals surface area contributed by atoms with Crippen LogP contribution in [0, 0.1) is 10.1 Å². The van der Waals surface area contributed by atoms with Gasteiger partial charge in [0.1, 0.15) is 5.76 Å². The number of hydrogen-bond donors (Lipinski definition) is 1. The van der Waals surface area contributed by atoms with Gasteiger partial charge in [-0.2, -0.15) is 0 Å². The molecule has 2 atom stereocenters. The van der Waals surface area contributed by atoms with Crippen molar-refractivity contribution >= 4 is 5.69 Å². The van der Waals surface area contributed by atoms with Gasteiger partial charge < -0.3 is 9.73 Å². The number of nitrogens with one attached hydrogen (secondary N) is 1. The molecule has 5 heteroatoms. The third-order valence-corrected chi connectivity index (χ3v) is 4.11. The van der Waals surface area contributed by atoms with Gasteiger partial charge in [-0.15, -0.1) is 0 Å². The number of aryl methyl sites for hydroxylation is 1. The number of non-ortho nitro benzene ring substituents is 1. The molecule has 0 fully saturated rings. The summed E-state index contributed by atoms with van der Waals surface area (Å²) in [6, 6.07) is 9.20. The first-order chi connectivity index (χ1) is 10.1. The Morgan fingerprint density at radius 1 is 1.33 bits per heavy atom. The maximum atomic E-state index is 10.7. The summed E-state index contributed by atoms with van der Waals surface area (Å²) in [5, 5.41) is 14.3. The number of nitro groups is 1. The highest BCUT2D eigenvalue weighted by atomic mass is 16.6. The lowest BCUT2D eigenvalue weighted by Crippen LogP contribution is -2.27. The number of hydrogen-bond acceptors (Lipinski definition) is 4. The van der Waals surface area contributed by atoms with Gasteiger partial charge >= 0.3 is 0 Å². The highest BCUT2D eigenvalue weighted by Gasteiger charge is 2.24. The topological polar surface area (TPSA) is 68.3 Å². The van der Waals surface area contributed by atoms with E-state index in [-0.39, 0.29) is 22.7 Å². The summed E-state index contributed by atoms with van der Waals surface area (Å²) < 4.78 is 5.50. The Labute approximate surface area is 123 Å². The van der Waals surface area contributed by atoms with E-state index in [9.17, 15) is 10.1 Å². The molecule has 0 saturated carbocycles. The molecule has 0 saturated heterocycles. The van der Waals surface area contributed by atoms with E-state index in [2.05, 4.69) is 12.2 Å². The van der Waals surface area contributed by atoms with Crippen molar-refractivity contribution in [2.45, 2.75) is 38.3 Å². The van der Waals surface area contributed by atoms with Crippen LogP contribution >= 0.6 is 0 Å². The molecule has 1 heterocycles. The fourth-order valence-corrected chi connectivity index (χ4v) is 2.94. The van der Waals surface area contributed by atoms with Crippen molar-refractivity contribution in [1.29, 1.82) is 0 Å². The zero-order valence-corrected chi connectivity index (χ0v) is 11.9. The van der Waals surface area contributed by atoms with E-state index in [0.717, 1.165) is 30.6 Å². The normalized spacial score (nSPS) is 19.0. The van der Waals surface area contributed by atoms with E-state index in [0.29, 0.717) is 0 Å². The number of fused-ring (bicyclic) bond motifs is 1. The van der Waals surface area contributed by atoms with E-state index in [1.165, 1.54) is 5.56 Å². The molecule has 1 aliphatic carbocycles. The van der Waals surface area contributed by atoms with Crippen LogP contribution in [0.1, 0.15) is 48.7 Å². The van der Waals surface area contributed by atoms with E-state index >= 15 is 0 Å². The van der Waals surface area contributed by atoms with Crippen molar-refractivity contribution in [2.75, 3.05) is 0 Å². The van der Waals surface area contributed by atoms with Gasteiger partial charge in [0, 0.05) is 36.2 Å². The Kier molecular flexibility index (Phi) is 3.75. The minimum Gasteiger partial charge on any atom is -0.469 e. The second-order valence-corrected chi connectivity index (χ2v) is 5.48. The van der Waals surface area contributed by atoms with Gasteiger partial charge in [-0.05, 0) is 31.4 Å². The summed E-state index contributed by atoms with van der Waals surface area (Å²) in [6.07, 6.45) is 4.96. The lowest BCUT2D eigenvalue weighted by Gasteiger charge is -2.26. The molecular formula is C16H18N2O3. The standard InChI is InChI=1S/C16H18N2O3/c1-11(12-5-7-13(8-6-12)18(19)20)17-15-3-2-4-16-14(15)9-10-21-16/h5-11,15,17H,2-4H2,1H3. The number of rotatable bonds is 4. The fraction of sp³-hybridized carbons (Fsp3) is 0.375. The van der Waals surface area contributed by atoms with Gasteiger partial charge in [0.15, 0.2) is 0 Å². The Bertz CT molecular complexity index is 633. The highest BCUT2D eigenvalue weighted by Crippen LogP contribution is 2.32. The van der Waals surface area contributed by atoms with Crippen molar-refractivity contribution in [1.82, 2.24) is 5.32 Å². The quantitative estimate of drug-likeness (QED) is 0.683. The third kappa shape index (κ3) is 2.83. The smallest absolute Gasteiger partial charge is 0.269 e. The summed E-state index contributed by atoms with van der Waals surface area (Å²) in [4.78, 5) is 10.3. The Balaban J connectivity index is 1.72. The molecule has 0 radical (unpaired) electrons. The molecule has 0 spiro atoms. The van der Waals surface area contributed by atoms with Crippen molar-refractivity contribution in [3.8, 4) is 0 Å². The van der Waals surface area contributed by atoms with Crippen LogP contribution in [-0.2, 0) is 6.42 Å². The lowest BCUT2D eigenvalue weighted by atomic mass is 9.92. The van der Waals surface area contributed by atoms with E-state index in [1.807, 2.05) is 18.2 Å². The molecule has 5 nitrogen and oxygen atoms in total.